The van der Waals surface area contributed by atoms with Gasteiger partial charge in [-0.25, -0.2) is 0 Å². The summed E-state index contributed by atoms with van der Waals surface area (Å²) in [4.78, 5) is 5.86. The molecule has 10 nitrogen and oxygen atoms in total. The quantitative estimate of drug-likeness (QED) is 0.638. The summed E-state index contributed by atoms with van der Waals surface area (Å²) in [6.07, 6.45) is 2.39. The van der Waals surface area contributed by atoms with E-state index < -0.39 is 15.5 Å². The van der Waals surface area contributed by atoms with Gasteiger partial charge in [0.05, 0.1) is 5.69 Å². The van der Waals surface area contributed by atoms with E-state index in [9.17, 15) is 21.6 Å². The fourth-order valence-corrected chi connectivity index (χ4v) is 3.95. The zero-order valence-electron chi connectivity index (χ0n) is 17.3. The second-order valence-corrected chi connectivity index (χ2v) is 8.78. The standard InChI is InChI=1S/C18H21F3N8O2S/c1-3-29-7-5-4-6-11-8-12(25-26-17-24-16(23)15(10-22)28(17)2)13(9-14(11)29)27-32(30,31)18(19,20)21/h8-9,27H,3-7,23H2,1-2H3. The Labute approximate surface area is 182 Å². The zero-order chi connectivity index (χ0) is 23.7. The van der Waals surface area contributed by atoms with Gasteiger partial charge in [0.15, 0.2) is 11.5 Å². The molecule has 0 spiro atoms. The monoisotopic (exact) mass is 470 g/mol. The van der Waals surface area contributed by atoms with Gasteiger partial charge in [0, 0.05) is 25.8 Å². The van der Waals surface area contributed by atoms with Gasteiger partial charge < -0.3 is 15.2 Å². The number of nitrogens with zero attached hydrogens (tertiary/aromatic N) is 6. The maximum absolute atomic E-state index is 13.0. The number of aryl methyl sites for hydroxylation is 1. The molecule has 1 aliphatic rings. The van der Waals surface area contributed by atoms with Crippen LogP contribution in [-0.4, -0.2) is 36.6 Å². The Bertz CT molecular complexity index is 1200. The molecule has 0 aliphatic carbocycles. The highest BCUT2D eigenvalue weighted by Crippen LogP contribution is 2.39. The number of aromatic nitrogens is 2. The Hall–Kier alpha value is -3.34. The third-order valence-electron chi connectivity index (χ3n) is 5.04. The molecular weight excluding hydrogens is 449 g/mol. The smallest absolute Gasteiger partial charge is 0.381 e. The van der Waals surface area contributed by atoms with Crippen LogP contribution in [0.4, 0.5) is 42.0 Å². The number of nitriles is 1. The first kappa shape index (κ1) is 23.3. The molecular formula is C18H21F3N8O2S. The number of nitrogens with one attached hydrogen (secondary N) is 1. The van der Waals surface area contributed by atoms with Gasteiger partial charge in [-0.05, 0) is 43.9 Å². The number of sulfonamides is 1. The van der Waals surface area contributed by atoms with E-state index in [1.807, 2.05) is 17.9 Å². The van der Waals surface area contributed by atoms with Crippen LogP contribution in [0.25, 0.3) is 0 Å². The summed E-state index contributed by atoms with van der Waals surface area (Å²) < 4.78 is 65.5. The molecule has 1 aliphatic heterocycles. The van der Waals surface area contributed by atoms with E-state index in [0.29, 0.717) is 25.2 Å². The van der Waals surface area contributed by atoms with E-state index in [1.54, 1.807) is 4.72 Å². The van der Waals surface area contributed by atoms with Crippen LogP contribution in [0.1, 0.15) is 31.0 Å². The average molecular weight is 470 g/mol. The number of benzene rings is 1. The minimum atomic E-state index is -5.68. The third-order valence-corrected chi connectivity index (χ3v) is 6.14. The molecule has 0 fully saturated rings. The van der Waals surface area contributed by atoms with E-state index in [-0.39, 0.29) is 28.8 Å². The molecule has 0 amide bonds. The fourth-order valence-electron chi connectivity index (χ4n) is 3.38. The van der Waals surface area contributed by atoms with E-state index in [1.165, 1.54) is 23.7 Å². The number of halogens is 3. The lowest BCUT2D eigenvalue weighted by Gasteiger charge is -2.24. The number of azo groups is 1. The van der Waals surface area contributed by atoms with Crippen LogP contribution in [-0.2, 0) is 23.5 Å². The van der Waals surface area contributed by atoms with Crippen molar-refractivity contribution in [1.29, 1.82) is 5.26 Å². The Kier molecular flexibility index (Phi) is 6.31. The van der Waals surface area contributed by atoms with Gasteiger partial charge >= 0.3 is 15.5 Å². The van der Waals surface area contributed by atoms with E-state index in [4.69, 9.17) is 11.0 Å². The molecule has 2 heterocycles. The summed E-state index contributed by atoms with van der Waals surface area (Å²) in [6.45, 7) is 3.20. The lowest BCUT2D eigenvalue weighted by atomic mass is 10.1. The lowest BCUT2D eigenvalue weighted by Crippen LogP contribution is -2.30. The number of nitrogen functional groups attached to an aromatic ring is 1. The van der Waals surface area contributed by atoms with Crippen molar-refractivity contribution in [3.8, 4) is 6.07 Å². The molecule has 1 aromatic heterocycles. The highest BCUT2D eigenvalue weighted by Gasteiger charge is 2.46. The molecule has 1 aromatic carbocycles. The van der Waals surface area contributed by atoms with Gasteiger partial charge in [-0.15, -0.1) is 10.2 Å². The minimum Gasteiger partial charge on any atom is -0.381 e. The average Bonchev–Trinajstić information content (AvgIpc) is 2.86. The van der Waals surface area contributed by atoms with Crippen LogP contribution in [0.15, 0.2) is 22.4 Å². The van der Waals surface area contributed by atoms with Crippen LogP contribution < -0.4 is 15.4 Å². The zero-order valence-corrected chi connectivity index (χ0v) is 18.1. The van der Waals surface area contributed by atoms with Gasteiger partial charge in [-0.3, -0.25) is 4.72 Å². The van der Waals surface area contributed by atoms with Crippen molar-refractivity contribution >= 4 is 38.9 Å². The van der Waals surface area contributed by atoms with Crippen LogP contribution in [0.2, 0.25) is 0 Å². The molecule has 2 aromatic rings. The number of imidazole rings is 1. The first-order valence-corrected chi connectivity index (χ1v) is 11.1. The second-order valence-electron chi connectivity index (χ2n) is 7.10. The maximum atomic E-state index is 13.0. The summed E-state index contributed by atoms with van der Waals surface area (Å²) in [5, 5.41) is 16.9. The van der Waals surface area contributed by atoms with Crippen molar-refractivity contribution in [3.05, 3.63) is 23.4 Å². The van der Waals surface area contributed by atoms with Crippen molar-refractivity contribution in [3.63, 3.8) is 0 Å². The van der Waals surface area contributed by atoms with Crippen molar-refractivity contribution in [2.45, 2.75) is 31.7 Å². The number of alkyl halides is 3. The highest BCUT2D eigenvalue weighted by atomic mass is 32.2. The molecule has 3 rings (SSSR count). The number of fused-ring (bicyclic) bond motifs is 1. The van der Waals surface area contributed by atoms with Crippen molar-refractivity contribution in [2.24, 2.45) is 17.3 Å². The van der Waals surface area contributed by atoms with Gasteiger partial charge in [-0.2, -0.15) is 31.8 Å². The summed E-state index contributed by atoms with van der Waals surface area (Å²) in [6, 6.07) is 4.71. The van der Waals surface area contributed by atoms with Crippen LogP contribution in [0.5, 0.6) is 0 Å². The minimum absolute atomic E-state index is 0.0393. The molecule has 0 bridgehead atoms. The van der Waals surface area contributed by atoms with Gasteiger partial charge in [-0.1, -0.05) is 0 Å². The molecule has 0 radical (unpaired) electrons. The molecule has 172 valence electrons. The Morgan fingerprint density at radius 2 is 2.03 bits per heavy atom. The Morgan fingerprint density at radius 3 is 2.62 bits per heavy atom. The predicted octanol–water partition coefficient (Wildman–Crippen LogP) is 3.71. The Balaban J connectivity index is 2.13. The fraction of sp³-hybridized carbons (Fsp3) is 0.444. The molecule has 32 heavy (non-hydrogen) atoms. The Morgan fingerprint density at radius 1 is 1.31 bits per heavy atom. The number of rotatable bonds is 5. The first-order chi connectivity index (χ1) is 15.0. The van der Waals surface area contributed by atoms with Gasteiger partial charge in [0.25, 0.3) is 5.95 Å². The lowest BCUT2D eigenvalue weighted by molar-refractivity contribution is -0.0429. The van der Waals surface area contributed by atoms with Crippen molar-refractivity contribution in [2.75, 3.05) is 28.4 Å². The van der Waals surface area contributed by atoms with Crippen LogP contribution >= 0.6 is 0 Å². The molecule has 0 atom stereocenters. The van der Waals surface area contributed by atoms with E-state index in [2.05, 4.69) is 15.2 Å². The third kappa shape index (κ3) is 4.47. The highest BCUT2D eigenvalue weighted by molar-refractivity contribution is 7.93. The number of anilines is 3. The molecule has 3 N–H and O–H groups in total. The maximum Gasteiger partial charge on any atom is 0.516 e. The molecule has 0 unspecified atom stereocenters. The summed E-state index contributed by atoms with van der Waals surface area (Å²) in [7, 11) is -4.21. The normalized spacial score (nSPS) is 14.8. The summed E-state index contributed by atoms with van der Waals surface area (Å²) >= 11 is 0. The SMILES string of the molecule is CCN1CCCCc2cc(N=Nc3nc(N)c(C#N)n3C)c(NS(=O)(=O)C(F)(F)F)cc21. The van der Waals surface area contributed by atoms with Crippen molar-refractivity contribution < 1.29 is 21.6 Å². The molecule has 0 saturated heterocycles. The van der Waals surface area contributed by atoms with E-state index >= 15 is 0 Å². The van der Waals surface area contributed by atoms with Crippen molar-refractivity contribution in [1.82, 2.24) is 9.55 Å². The van der Waals surface area contributed by atoms with Crippen LogP contribution in [0.3, 0.4) is 0 Å². The first-order valence-electron chi connectivity index (χ1n) is 9.63. The topological polar surface area (TPSA) is 142 Å². The predicted molar refractivity (Wildman–Crippen MR) is 112 cm³/mol. The van der Waals surface area contributed by atoms with Gasteiger partial charge in [0.1, 0.15) is 11.8 Å². The number of hydrogen-bond donors (Lipinski definition) is 2. The number of nitrogens with two attached hydrogens (primary N) is 1. The number of hydrogen-bond acceptors (Lipinski definition) is 8. The van der Waals surface area contributed by atoms with Crippen LogP contribution in [0, 0.1) is 11.3 Å². The summed E-state index contributed by atoms with van der Waals surface area (Å²) in [5.41, 5.74) is 1.14. The van der Waals surface area contributed by atoms with E-state index in [0.717, 1.165) is 18.4 Å². The summed E-state index contributed by atoms with van der Waals surface area (Å²) in [5.74, 6) is -0.142. The molecule has 0 saturated carbocycles. The molecule has 14 heteroatoms. The van der Waals surface area contributed by atoms with Gasteiger partial charge in [0.2, 0.25) is 0 Å². The largest absolute Gasteiger partial charge is 0.516 e. The second kappa shape index (κ2) is 8.65.